The topological polar surface area (TPSA) is 42.9 Å². The van der Waals surface area contributed by atoms with Gasteiger partial charge in [0.05, 0.1) is 51.5 Å². The highest BCUT2D eigenvalue weighted by molar-refractivity contribution is 6.16. The summed E-state index contributed by atoms with van der Waals surface area (Å²) in [6.45, 7) is 7.81. The van der Waals surface area contributed by atoms with E-state index in [0.717, 1.165) is 61.0 Å². The Morgan fingerprint density at radius 2 is 0.982 bits per heavy atom. The predicted molar refractivity (Wildman–Crippen MR) is 226 cm³/mol. The molecule has 3 heterocycles. The van der Waals surface area contributed by atoms with Crippen LogP contribution in [0.25, 0.3) is 98.5 Å². The summed E-state index contributed by atoms with van der Waals surface area (Å²) in [6.07, 6.45) is 0. The Morgan fingerprint density at radius 1 is 0.455 bits per heavy atom. The van der Waals surface area contributed by atoms with E-state index in [-0.39, 0.29) is 0 Å². The Hall–Kier alpha value is -7.86. The first-order valence-corrected chi connectivity index (χ1v) is 18.3. The Kier molecular flexibility index (Phi) is 6.61. The molecule has 0 saturated heterocycles. The Morgan fingerprint density at radius 3 is 1.64 bits per heavy atom. The van der Waals surface area contributed by atoms with E-state index >= 15 is 0 Å². The van der Waals surface area contributed by atoms with Crippen LogP contribution in [0.2, 0.25) is 0 Å². The van der Waals surface area contributed by atoms with E-state index in [9.17, 15) is 5.26 Å². The third-order valence-corrected chi connectivity index (χ3v) is 11.1. The first kappa shape index (κ1) is 30.7. The van der Waals surface area contributed by atoms with Gasteiger partial charge in [-0.15, -0.1) is 0 Å². The zero-order valence-corrected chi connectivity index (χ0v) is 29.5. The molecular formula is C50H29N5. The van der Waals surface area contributed by atoms with Crippen molar-refractivity contribution in [2.45, 2.75) is 0 Å². The van der Waals surface area contributed by atoms with Crippen molar-refractivity contribution in [2.24, 2.45) is 0 Å². The van der Waals surface area contributed by atoms with Crippen molar-refractivity contribution in [2.75, 3.05) is 0 Å². The highest BCUT2D eigenvalue weighted by atomic mass is 15.1. The Balaban J connectivity index is 1.08. The fourth-order valence-corrected chi connectivity index (χ4v) is 8.81. The zero-order chi connectivity index (χ0) is 36.6. The van der Waals surface area contributed by atoms with Crippen molar-refractivity contribution >= 4 is 71.1 Å². The number of nitriles is 1. The fourth-order valence-electron chi connectivity index (χ4n) is 8.81. The van der Waals surface area contributed by atoms with Crippen molar-refractivity contribution < 1.29 is 0 Å². The average molecular weight is 700 g/mol. The van der Waals surface area contributed by atoms with Gasteiger partial charge in [0.2, 0.25) is 0 Å². The maximum atomic E-state index is 10.5. The number of fused-ring (bicyclic) bond motifs is 9. The van der Waals surface area contributed by atoms with Crippen LogP contribution in [-0.2, 0) is 0 Å². The van der Waals surface area contributed by atoms with E-state index < -0.39 is 0 Å². The molecular weight excluding hydrogens is 671 g/mol. The lowest BCUT2D eigenvalue weighted by Crippen LogP contribution is -2.00. The summed E-state index contributed by atoms with van der Waals surface area (Å²) in [4.78, 5) is 3.83. The first-order chi connectivity index (χ1) is 27.2. The number of aromatic nitrogens is 3. The zero-order valence-electron chi connectivity index (χ0n) is 29.5. The molecule has 3 aromatic heterocycles. The minimum absolute atomic E-state index is 0.586. The molecule has 11 aromatic rings. The van der Waals surface area contributed by atoms with Gasteiger partial charge in [0.1, 0.15) is 0 Å². The fraction of sp³-hybridized carbons (Fsp3) is 0. The Labute approximate surface area is 316 Å². The number of hydrogen-bond donors (Lipinski definition) is 0. The summed E-state index contributed by atoms with van der Waals surface area (Å²) in [5.41, 5.74) is 12.6. The van der Waals surface area contributed by atoms with E-state index in [4.69, 9.17) is 6.57 Å². The van der Waals surface area contributed by atoms with Gasteiger partial charge in [0, 0.05) is 43.8 Å². The van der Waals surface area contributed by atoms with Gasteiger partial charge in [-0.05, 0) is 77.2 Å². The van der Waals surface area contributed by atoms with E-state index in [2.05, 4.69) is 158 Å². The van der Waals surface area contributed by atoms with Crippen LogP contribution >= 0.6 is 0 Å². The molecule has 55 heavy (non-hydrogen) atoms. The molecule has 0 radical (unpaired) electrons. The minimum atomic E-state index is 0.586. The summed E-state index contributed by atoms with van der Waals surface area (Å²) in [6, 6.07) is 63.6. The summed E-state index contributed by atoms with van der Waals surface area (Å²) in [5.74, 6) is 0. The van der Waals surface area contributed by atoms with Crippen molar-refractivity contribution in [1.82, 2.24) is 13.7 Å². The lowest BCUT2D eigenvalue weighted by Gasteiger charge is -2.15. The first-order valence-electron chi connectivity index (χ1n) is 18.3. The summed E-state index contributed by atoms with van der Waals surface area (Å²) in [7, 11) is 0. The van der Waals surface area contributed by atoms with Crippen LogP contribution in [0.1, 0.15) is 5.56 Å². The molecule has 8 aromatic carbocycles. The van der Waals surface area contributed by atoms with Crippen LogP contribution in [0.4, 0.5) is 5.69 Å². The highest BCUT2D eigenvalue weighted by Gasteiger charge is 2.20. The molecule has 254 valence electrons. The molecule has 0 aliphatic carbocycles. The molecule has 0 unspecified atom stereocenters. The number of hydrogen-bond acceptors (Lipinski definition) is 1. The molecule has 0 fully saturated rings. The quantitative estimate of drug-likeness (QED) is 0.169. The molecule has 5 heteroatoms. The third-order valence-electron chi connectivity index (χ3n) is 11.1. The molecule has 0 atom stereocenters. The lowest BCUT2D eigenvalue weighted by atomic mass is 9.99. The van der Waals surface area contributed by atoms with Crippen LogP contribution in [-0.4, -0.2) is 13.7 Å². The minimum Gasteiger partial charge on any atom is -0.311 e. The van der Waals surface area contributed by atoms with Crippen molar-refractivity contribution in [3.8, 4) is 34.3 Å². The summed E-state index contributed by atoms with van der Waals surface area (Å²) < 4.78 is 6.93. The summed E-state index contributed by atoms with van der Waals surface area (Å²) in [5, 5.41) is 17.3. The van der Waals surface area contributed by atoms with Gasteiger partial charge in [0.25, 0.3) is 0 Å². The Bertz CT molecular complexity index is 3400. The number of rotatable bonds is 4. The second kappa shape index (κ2) is 11.8. The normalized spacial score (nSPS) is 11.6. The molecule has 0 bridgehead atoms. The van der Waals surface area contributed by atoms with E-state index in [1.807, 2.05) is 42.5 Å². The molecule has 5 nitrogen and oxygen atoms in total. The van der Waals surface area contributed by atoms with Gasteiger partial charge < -0.3 is 13.7 Å². The van der Waals surface area contributed by atoms with Crippen molar-refractivity contribution in [1.29, 1.82) is 5.26 Å². The van der Waals surface area contributed by atoms with E-state index in [0.29, 0.717) is 11.3 Å². The van der Waals surface area contributed by atoms with Gasteiger partial charge in [-0.25, -0.2) is 4.85 Å². The summed E-state index contributed by atoms with van der Waals surface area (Å²) >= 11 is 0. The number of nitrogens with zero attached hydrogens (tertiary/aromatic N) is 5. The predicted octanol–water partition coefficient (Wildman–Crippen LogP) is 13.1. The van der Waals surface area contributed by atoms with E-state index in [1.54, 1.807) is 0 Å². The van der Waals surface area contributed by atoms with Gasteiger partial charge in [-0.1, -0.05) is 115 Å². The van der Waals surface area contributed by atoms with Gasteiger partial charge in [0.15, 0.2) is 5.69 Å². The molecule has 0 spiro atoms. The van der Waals surface area contributed by atoms with Crippen LogP contribution in [0.3, 0.4) is 0 Å². The number of para-hydroxylation sites is 5. The standard InChI is InChI=1S/C50H29N5/c1-52-42-17-11-22-47-49(42)41-15-5-9-21-46(41)53(47)35-28-29-36(33(30-35)31-51)32-24-26-34(27-25-32)54-43-18-6-4-14-39(43)40-16-10-23-48(50(40)54)55-44-19-7-2-12-37(44)38-13-3-8-20-45(38)55/h2-30H. The molecule has 0 aliphatic heterocycles. The highest BCUT2D eigenvalue weighted by Crippen LogP contribution is 2.41. The monoisotopic (exact) mass is 699 g/mol. The molecule has 0 amide bonds. The molecule has 0 N–H and O–H groups in total. The number of benzene rings is 8. The maximum Gasteiger partial charge on any atom is 0.197 e. The van der Waals surface area contributed by atoms with Crippen LogP contribution < -0.4 is 0 Å². The van der Waals surface area contributed by atoms with E-state index in [1.165, 1.54) is 32.6 Å². The molecule has 0 saturated carbocycles. The van der Waals surface area contributed by atoms with Crippen LogP contribution in [0.5, 0.6) is 0 Å². The van der Waals surface area contributed by atoms with Gasteiger partial charge in [-0.2, -0.15) is 5.26 Å². The SMILES string of the molecule is [C-]#[N+]c1cccc2c1c1ccccc1n2-c1ccc(-c2ccc(-n3c4ccccc4c4cccc(-n5c6ccccc6c6ccccc65)c43)cc2)c(C#N)c1. The second-order valence-corrected chi connectivity index (χ2v) is 13.9. The largest absolute Gasteiger partial charge is 0.311 e. The van der Waals surface area contributed by atoms with Gasteiger partial charge in [-0.3, -0.25) is 0 Å². The van der Waals surface area contributed by atoms with Gasteiger partial charge >= 0.3 is 0 Å². The molecule has 0 aliphatic rings. The average Bonchev–Trinajstić information content (AvgIpc) is 3.90. The van der Waals surface area contributed by atoms with Crippen LogP contribution in [0, 0.1) is 17.9 Å². The second-order valence-electron chi connectivity index (χ2n) is 13.9. The maximum absolute atomic E-state index is 10.5. The lowest BCUT2D eigenvalue weighted by molar-refractivity contribution is 1.13. The smallest absolute Gasteiger partial charge is 0.197 e. The third kappa shape index (κ3) is 4.39. The van der Waals surface area contributed by atoms with Crippen LogP contribution in [0.15, 0.2) is 176 Å². The molecule has 11 rings (SSSR count). The van der Waals surface area contributed by atoms with Crippen molar-refractivity contribution in [3.63, 3.8) is 0 Å². The van der Waals surface area contributed by atoms with Crippen molar-refractivity contribution in [3.05, 3.63) is 193 Å².